The van der Waals surface area contributed by atoms with Gasteiger partial charge in [0.2, 0.25) is 5.91 Å². The summed E-state index contributed by atoms with van der Waals surface area (Å²) in [6, 6.07) is 7.52. The Morgan fingerprint density at radius 3 is 2.65 bits per heavy atom. The molecule has 0 atom stereocenters. The number of anilines is 1. The van der Waals surface area contributed by atoms with Crippen LogP contribution in [0.2, 0.25) is 0 Å². The zero-order valence-electron chi connectivity index (χ0n) is 10.6. The number of nitrogens with one attached hydrogen (secondary N) is 1. The molecule has 0 saturated carbocycles. The van der Waals surface area contributed by atoms with E-state index in [-0.39, 0.29) is 5.91 Å². The smallest absolute Gasteiger partial charge is 0.227 e. The molecular weight excluding hydrogens is 216 g/mol. The lowest BCUT2D eigenvalue weighted by Crippen LogP contribution is -2.29. The maximum absolute atomic E-state index is 11.8. The number of carbonyl (C=O) groups is 1. The molecule has 4 nitrogen and oxygen atoms in total. The minimum absolute atomic E-state index is 0.0715. The van der Waals surface area contributed by atoms with Gasteiger partial charge in [-0.15, -0.1) is 0 Å². The number of hydrogen-bond acceptors (Lipinski definition) is 3. The average molecular weight is 236 g/mol. The molecule has 17 heavy (non-hydrogen) atoms. The lowest BCUT2D eigenvalue weighted by molar-refractivity contribution is -0.121. The standard InChI is InChI=1S/C13H20N2O2/c1-13(2,17-3)8-12(16)15-11-7-5-4-6-10(11)9-14/h4-7H,8-9,14H2,1-3H3,(H,15,16). The van der Waals surface area contributed by atoms with E-state index in [2.05, 4.69) is 5.32 Å². The van der Waals surface area contributed by atoms with Gasteiger partial charge in [-0.2, -0.15) is 0 Å². The van der Waals surface area contributed by atoms with Crippen LogP contribution in [0.25, 0.3) is 0 Å². The van der Waals surface area contributed by atoms with Crippen molar-refractivity contribution in [1.82, 2.24) is 0 Å². The Morgan fingerprint density at radius 1 is 1.41 bits per heavy atom. The monoisotopic (exact) mass is 236 g/mol. The van der Waals surface area contributed by atoms with Crippen molar-refractivity contribution >= 4 is 11.6 Å². The number of nitrogens with two attached hydrogens (primary N) is 1. The van der Waals surface area contributed by atoms with Gasteiger partial charge >= 0.3 is 0 Å². The number of amides is 1. The minimum Gasteiger partial charge on any atom is -0.378 e. The van der Waals surface area contributed by atoms with Crippen molar-refractivity contribution in [2.75, 3.05) is 12.4 Å². The summed E-state index contributed by atoms with van der Waals surface area (Å²) in [5.74, 6) is -0.0715. The number of para-hydroxylation sites is 1. The van der Waals surface area contributed by atoms with Crippen LogP contribution >= 0.6 is 0 Å². The summed E-state index contributed by atoms with van der Waals surface area (Å²) in [4.78, 5) is 11.8. The summed E-state index contributed by atoms with van der Waals surface area (Å²) in [6.45, 7) is 4.16. The SMILES string of the molecule is COC(C)(C)CC(=O)Nc1ccccc1CN. The van der Waals surface area contributed by atoms with Crippen molar-refractivity contribution in [3.8, 4) is 0 Å². The molecule has 0 aliphatic carbocycles. The zero-order chi connectivity index (χ0) is 12.9. The molecule has 0 spiro atoms. The Kier molecular flexibility index (Phi) is 4.66. The molecule has 0 heterocycles. The topological polar surface area (TPSA) is 64.3 Å². The lowest BCUT2D eigenvalue weighted by Gasteiger charge is -2.22. The molecule has 0 radical (unpaired) electrons. The third-order valence-electron chi connectivity index (χ3n) is 2.65. The molecule has 94 valence electrons. The van der Waals surface area contributed by atoms with Crippen molar-refractivity contribution in [3.05, 3.63) is 29.8 Å². The quantitative estimate of drug-likeness (QED) is 0.820. The molecule has 4 heteroatoms. The molecule has 1 aromatic carbocycles. The Hall–Kier alpha value is -1.39. The first-order valence-corrected chi connectivity index (χ1v) is 5.61. The maximum atomic E-state index is 11.8. The second-order valence-electron chi connectivity index (χ2n) is 4.55. The van der Waals surface area contributed by atoms with Gasteiger partial charge in [-0.05, 0) is 25.5 Å². The van der Waals surface area contributed by atoms with Crippen molar-refractivity contribution in [3.63, 3.8) is 0 Å². The molecule has 0 aromatic heterocycles. The van der Waals surface area contributed by atoms with Gasteiger partial charge in [-0.1, -0.05) is 18.2 Å². The van der Waals surface area contributed by atoms with Gasteiger partial charge in [-0.3, -0.25) is 4.79 Å². The Morgan fingerprint density at radius 2 is 2.06 bits per heavy atom. The minimum atomic E-state index is -0.457. The van der Waals surface area contributed by atoms with Gasteiger partial charge in [0.25, 0.3) is 0 Å². The van der Waals surface area contributed by atoms with Crippen LogP contribution in [-0.4, -0.2) is 18.6 Å². The highest BCUT2D eigenvalue weighted by Gasteiger charge is 2.21. The van der Waals surface area contributed by atoms with Crippen molar-refractivity contribution in [2.45, 2.75) is 32.4 Å². The van der Waals surface area contributed by atoms with Crippen LogP contribution in [0, 0.1) is 0 Å². The zero-order valence-corrected chi connectivity index (χ0v) is 10.6. The van der Waals surface area contributed by atoms with E-state index in [4.69, 9.17) is 10.5 Å². The van der Waals surface area contributed by atoms with Crippen LogP contribution in [-0.2, 0) is 16.1 Å². The van der Waals surface area contributed by atoms with Crippen LogP contribution < -0.4 is 11.1 Å². The largest absolute Gasteiger partial charge is 0.378 e. The molecule has 0 unspecified atom stereocenters. The summed E-state index contributed by atoms with van der Waals surface area (Å²) >= 11 is 0. The molecule has 1 amide bonds. The summed E-state index contributed by atoms with van der Waals surface area (Å²) in [5, 5.41) is 2.85. The van der Waals surface area contributed by atoms with E-state index in [1.165, 1.54) is 0 Å². The highest BCUT2D eigenvalue weighted by Crippen LogP contribution is 2.17. The van der Waals surface area contributed by atoms with Crippen LogP contribution in [0.1, 0.15) is 25.8 Å². The van der Waals surface area contributed by atoms with E-state index >= 15 is 0 Å². The Labute approximate surface area is 102 Å². The molecule has 1 rings (SSSR count). The number of carbonyl (C=O) groups excluding carboxylic acids is 1. The van der Waals surface area contributed by atoms with Crippen LogP contribution in [0.5, 0.6) is 0 Å². The van der Waals surface area contributed by atoms with Gasteiger partial charge < -0.3 is 15.8 Å². The highest BCUT2D eigenvalue weighted by atomic mass is 16.5. The fourth-order valence-corrected chi connectivity index (χ4v) is 1.47. The van der Waals surface area contributed by atoms with E-state index in [9.17, 15) is 4.79 Å². The molecule has 0 aliphatic heterocycles. The van der Waals surface area contributed by atoms with Crippen LogP contribution in [0.4, 0.5) is 5.69 Å². The van der Waals surface area contributed by atoms with Crippen LogP contribution in [0.15, 0.2) is 24.3 Å². The molecule has 0 bridgehead atoms. The summed E-state index contributed by atoms with van der Waals surface area (Å²) in [7, 11) is 1.60. The first-order valence-electron chi connectivity index (χ1n) is 5.61. The number of hydrogen-bond donors (Lipinski definition) is 2. The Balaban J connectivity index is 2.68. The van der Waals surface area contributed by atoms with Gasteiger partial charge in [0.1, 0.15) is 0 Å². The van der Waals surface area contributed by atoms with Gasteiger partial charge in [0, 0.05) is 19.3 Å². The number of ether oxygens (including phenoxy) is 1. The van der Waals surface area contributed by atoms with Gasteiger partial charge in [0.05, 0.1) is 12.0 Å². The van der Waals surface area contributed by atoms with E-state index in [0.717, 1.165) is 11.3 Å². The van der Waals surface area contributed by atoms with E-state index < -0.39 is 5.60 Å². The lowest BCUT2D eigenvalue weighted by atomic mass is 10.0. The number of benzene rings is 1. The summed E-state index contributed by atoms with van der Waals surface area (Å²) < 4.78 is 5.22. The Bertz CT molecular complexity index is 389. The van der Waals surface area contributed by atoms with Crippen molar-refractivity contribution < 1.29 is 9.53 Å². The fraction of sp³-hybridized carbons (Fsp3) is 0.462. The third kappa shape index (κ3) is 4.17. The molecule has 0 aliphatic rings. The summed E-state index contributed by atoms with van der Waals surface area (Å²) in [6.07, 6.45) is 0.308. The molecule has 1 aromatic rings. The molecule has 0 saturated heterocycles. The molecular formula is C13H20N2O2. The van der Waals surface area contributed by atoms with Crippen LogP contribution in [0.3, 0.4) is 0 Å². The second kappa shape index (κ2) is 5.80. The van der Waals surface area contributed by atoms with E-state index in [1.54, 1.807) is 7.11 Å². The second-order valence-corrected chi connectivity index (χ2v) is 4.55. The normalized spacial score (nSPS) is 11.3. The highest BCUT2D eigenvalue weighted by molar-refractivity contribution is 5.92. The van der Waals surface area contributed by atoms with Gasteiger partial charge in [0.15, 0.2) is 0 Å². The number of rotatable bonds is 5. The van der Waals surface area contributed by atoms with E-state index in [1.807, 2.05) is 38.1 Å². The van der Waals surface area contributed by atoms with Gasteiger partial charge in [-0.25, -0.2) is 0 Å². The predicted octanol–water partition coefficient (Wildman–Crippen LogP) is 1.90. The third-order valence-corrected chi connectivity index (χ3v) is 2.65. The summed E-state index contributed by atoms with van der Waals surface area (Å²) in [5.41, 5.74) is 6.84. The van der Waals surface area contributed by atoms with E-state index in [0.29, 0.717) is 13.0 Å². The van der Waals surface area contributed by atoms with Crippen molar-refractivity contribution in [2.24, 2.45) is 5.73 Å². The fourth-order valence-electron chi connectivity index (χ4n) is 1.47. The first kappa shape index (κ1) is 13.7. The first-order chi connectivity index (χ1) is 7.98. The average Bonchev–Trinajstić information content (AvgIpc) is 2.29. The molecule has 3 N–H and O–H groups in total. The van der Waals surface area contributed by atoms with Crippen molar-refractivity contribution in [1.29, 1.82) is 0 Å². The maximum Gasteiger partial charge on any atom is 0.227 e. The number of methoxy groups -OCH3 is 1. The predicted molar refractivity (Wildman–Crippen MR) is 68.7 cm³/mol. The molecule has 0 fully saturated rings.